The third kappa shape index (κ3) is 6.07. The van der Waals surface area contributed by atoms with Crippen LogP contribution in [0.3, 0.4) is 0 Å². The highest BCUT2D eigenvalue weighted by Crippen LogP contribution is 2.25. The monoisotopic (exact) mass is 470 g/mol. The van der Waals surface area contributed by atoms with Gasteiger partial charge < -0.3 is 24.8 Å². The molecule has 0 unspecified atom stereocenters. The third-order valence-electron chi connectivity index (χ3n) is 5.98. The number of halogens is 1. The van der Waals surface area contributed by atoms with Gasteiger partial charge in [0, 0.05) is 37.7 Å². The van der Waals surface area contributed by atoms with E-state index in [0.717, 1.165) is 37.3 Å². The van der Waals surface area contributed by atoms with Crippen LogP contribution < -0.4 is 4.90 Å². The van der Waals surface area contributed by atoms with E-state index in [1.165, 1.54) is 12.1 Å². The Bertz CT molecular complexity index is 1120. The molecule has 1 saturated heterocycles. The van der Waals surface area contributed by atoms with Crippen molar-refractivity contribution in [2.75, 3.05) is 18.0 Å². The Morgan fingerprint density at radius 2 is 1.82 bits per heavy atom. The number of H-pyrrole nitrogens is 1. The fourth-order valence-electron chi connectivity index (χ4n) is 4.17. The molecule has 180 valence electrons. The molecule has 0 aliphatic carbocycles. The number of imidazole rings is 1. The van der Waals surface area contributed by atoms with Crippen LogP contribution in [0.25, 0.3) is 22.4 Å². The highest BCUT2D eigenvalue weighted by atomic mass is 19.1. The molecule has 1 aliphatic heterocycles. The first-order chi connectivity index (χ1) is 16.4. The lowest BCUT2D eigenvalue weighted by molar-refractivity contribution is -0.139. The van der Waals surface area contributed by atoms with Gasteiger partial charge >= 0.3 is 11.9 Å². The van der Waals surface area contributed by atoms with E-state index in [4.69, 9.17) is 14.9 Å². The van der Waals surface area contributed by atoms with Crippen molar-refractivity contribution in [1.29, 1.82) is 0 Å². The summed E-state index contributed by atoms with van der Waals surface area (Å²) in [5.74, 6) is -0.692. The molecule has 1 aliphatic rings. The lowest BCUT2D eigenvalue weighted by atomic mass is 10.0. The number of carboxylic acid groups (broad SMARTS) is 2. The number of piperidine rings is 1. The first kappa shape index (κ1) is 23.6. The molecule has 0 radical (unpaired) electrons. The summed E-state index contributed by atoms with van der Waals surface area (Å²) < 4.78 is 19.5. The van der Waals surface area contributed by atoms with Gasteiger partial charge in [0.1, 0.15) is 17.5 Å². The van der Waals surface area contributed by atoms with Crippen LogP contribution in [0.4, 0.5) is 10.2 Å². The van der Waals surface area contributed by atoms with Crippen LogP contribution in [0, 0.1) is 5.82 Å². The zero-order chi connectivity index (χ0) is 24.1. The minimum absolute atomic E-state index is 0.0421. The maximum atomic E-state index is 13.4. The van der Waals surface area contributed by atoms with E-state index < -0.39 is 11.9 Å². The Labute approximate surface area is 195 Å². The number of ether oxygens (including phenoxy) is 1. The number of hydrogen-bond donors (Lipinski definition) is 3. The summed E-state index contributed by atoms with van der Waals surface area (Å²) >= 11 is 0. The van der Waals surface area contributed by atoms with Gasteiger partial charge in [-0.25, -0.2) is 14.4 Å². The number of anilines is 1. The number of benzene rings is 1. The van der Waals surface area contributed by atoms with Crippen molar-refractivity contribution in [2.45, 2.75) is 50.7 Å². The van der Waals surface area contributed by atoms with Crippen molar-refractivity contribution in [2.24, 2.45) is 0 Å². The molecule has 34 heavy (non-hydrogen) atoms. The standard InChI is InChI=1S/C24H27FN4O5/c25-16-2-5-19-20(13-16)28-24(27-19)15-1-6-21(26-14-15)29-11-9-18(10-12-29)34-17(3-7-22(30)31)4-8-23(32)33/h1-2,5-6,13-14,17-18H,3-4,7-12H2,(H,27,28)(H,30,31)(H,32,33). The molecule has 0 bridgehead atoms. The average Bonchev–Trinajstić information content (AvgIpc) is 3.24. The molecule has 1 aromatic carbocycles. The Morgan fingerprint density at radius 1 is 1.12 bits per heavy atom. The second kappa shape index (κ2) is 10.6. The van der Waals surface area contributed by atoms with E-state index in [-0.39, 0.29) is 30.9 Å². The van der Waals surface area contributed by atoms with Gasteiger partial charge in [-0.15, -0.1) is 0 Å². The maximum absolute atomic E-state index is 13.4. The summed E-state index contributed by atoms with van der Waals surface area (Å²) in [7, 11) is 0. The summed E-state index contributed by atoms with van der Waals surface area (Å²) in [5.41, 5.74) is 2.12. The van der Waals surface area contributed by atoms with E-state index in [1.807, 2.05) is 12.1 Å². The molecule has 4 rings (SSSR count). The molecule has 0 spiro atoms. The van der Waals surface area contributed by atoms with Gasteiger partial charge in [0.15, 0.2) is 0 Å². The van der Waals surface area contributed by atoms with Crippen molar-refractivity contribution >= 4 is 28.8 Å². The van der Waals surface area contributed by atoms with E-state index in [0.29, 0.717) is 29.7 Å². The van der Waals surface area contributed by atoms with E-state index >= 15 is 0 Å². The van der Waals surface area contributed by atoms with Gasteiger partial charge in [-0.2, -0.15) is 0 Å². The van der Waals surface area contributed by atoms with Gasteiger partial charge in [-0.05, 0) is 56.0 Å². The predicted octanol–water partition coefficient (Wildman–Crippen LogP) is 3.85. The van der Waals surface area contributed by atoms with Crippen molar-refractivity contribution < 1.29 is 28.9 Å². The number of carbonyl (C=O) groups is 2. The second-order valence-corrected chi connectivity index (χ2v) is 8.46. The van der Waals surface area contributed by atoms with Gasteiger partial charge in [0.05, 0.1) is 23.2 Å². The molecular weight excluding hydrogens is 443 g/mol. The van der Waals surface area contributed by atoms with Crippen molar-refractivity contribution in [3.63, 3.8) is 0 Å². The SMILES string of the molecule is O=C(O)CCC(CCC(=O)O)OC1CCN(c2ccc(-c3nc4ccc(F)cc4[nH]3)cn2)CC1. The second-order valence-electron chi connectivity index (χ2n) is 8.46. The first-order valence-corrected chi connectivity index (χ1v) is 11.3. The Balaban J connectivity index is 1.33. The number of pyridine rings is 1. The number of aromatic amines is 1. The van der Waals surface area contributed by atoms with E-state index in [2.05, 4.69) is 19.9 Å². The number of carboxylic acids is 2. The lowest BCUT2D eigenvalue weighted by Crippen LogP contribution is -2.39. The Hall–Kier alpha value is -3.53. The number of rotatable bonds is 10. The van der Waals surface area contributed by atoms with Crippen molar-refractivity contribution in [3.05, 3.63) is 42.3 Å². The number of aliphatic carboxylic acids is 2. The highest BCUT2D eigenvalue weighted by molar-refractivity contribution is 5.79. The molecule has 10 heteroatoms. The molecule has 0 atom stereocenters. The number of aromatic nitrogens is 3. The number of nitrogens with zero attached hydrogens (tertiary/aromatic N) is 3. The van der Waals surface area contributed by atoms with Gasteiger partial charge in [0.25, 0.3) is 0 Å². The van der Waals surface area contributed by atoms with E-state index in [1.54, 1.807) is 12.3 Å². The molecular formula is C24H27FN4O5. The molecule has 3 N–H and O–H groups in total. The predicted molar refractivity (Wildman–Crippen MR) is 123 cm³/mol. The summed E-state index contributed by atoms with van der Waals surface area (Å²) in [6.07, 6.45) is 3.33. The van der Waals surface area contributed by atoms with Crippen LogP contribution in [-0.4, -0.2) is 62.4 Å². The molecule has 3 aromatic rings. The summed E-state index contributed by atoms with van der Waals surface area (Å²) in [6, 6.07) is 8.27. The number of hydrogen-bond acceptors (Lipinski definition) is 6. The van der Waals surface area contributed by atoms with Gasteiger partial charge in [-0.1, -0.05) is 0 Å². The van der Waals surface area contributed by atoms with Crippen LogP contribution in [0.2, 0.25) is 0 Å². The zero-order valence-electron chi connectivity index (χ0n) is 18.6. The lowest BCUT2D eigenvalue weighted by Gasteiger charge is -2.34. The normalized spacial score (nSPS) is 14.7. The Morgan fingerprint density at radius 3 is 2.44 bits per heavy atom. The fraction of sp³-hybridized carbons (Fsp3) is 0.417. The van der Waals surface area contributed by atoms with Crippen LogP contribution in [-0.2, 0) is 14.3 Å². The average molecular weight is 471 g/mol. The minimum Gasteiger partial charge on any atom is -0.481 e. The molecule has 3 heterocycles. The molecule has 2 aromatic heterocycles. The Kier molecular flexibility index (Phi) is 7.36. The maximum Gasteiger partial charge on any atom is 0.303 e. The van der Waals surface area contributed by atoms with E-state index in [9.17, 15) is 14.0 Å². The quantitative estimate of drug-likeness (QED) is 0.408. The zero-order valence-corrected chi connectivity index (χ0v) is 18.6. The van der Waals surface area contributed by atoms with Crippen LogP contribution in [0.5, 0.6) is 0 Å². The third-order valence-corrected chi connectivity index (χ3v) is 5.98. The topological polar surface area (TPSA) is 129 Å². The first-order valence-electron chi connectivity index (χ1n) is 11.3. The van der Waals surface area contributed by atoms with Gasteiger partial charge in [-0.3, -0.25) is 9.59 Å². The van der Waals surface area contributed by atoms with Crippen LogP contribution in [0.15, 0.2) is 36.5 Å². The molecule has 9 nitrogen and oxygen atoms in total. The fourth-order valence-corrected chi connectivity index (χ4v) is 4.17. The van der Waals surface area contributed by atoms with Gasteiger partial charge in [0.2, 0.25) is 0 Å². The summed E-state index contributed by atoms with van der Waals surface area (Å²) in [6.45, 7) is 1.46. The molecule has 0 saturated carbocycles. The number of fused-ring (bicyclic) bond motifs is 1. The van der Waals surface area contributed by atoms with Crippen molar-refractivity contribution in [3.8, 4) is 11.4 Å². The number of nitrogens with one attached hydrogen (secondary N) is 1. The smallest absolute Gasteiger partial charge is 0.303 e. The summed E-state index contributed by atoms with van der Waals surface area (Å²) in [5, 5.41) is 17.9. The van der Waals surface area contributed by atoms with Crippen LogP contribution >= 0.6 is 0 Å². The largest absolute Gasteiger partial charge is 0.481 e. The van der Waals surface area contributed by atoms with Crippen molar-refractivity contribution in [1.82, 2.24) is 15.0 Å². The summed E-state index contributed by atoms with van der Waals surface area (Å²) in [4.78, 5) is 36.1. The van der Waals surface area contributed by atoms with Crippen LogP contribution in [0.1, 0.15) is 38.5 Å². The minimum atomic E-state index is -0.914. The highest BCUT2D eigenvalue weighted by Gasteiger charge is 2.24. The molecule has 0 amide bonds. The molecule has 1 fully saturated rings.